The van der Waals surface area contributed by atoms with Crippen molar-refractivity contribution in [3.8, 4) is 0 Å². The van der Waals surface area contributed by atoms with E-state index in [0.717, 1.165) is 5.56 Å². The fraction of sp³-hybridized carbons (Fsp3) is 0.421. The van der Waals surface area contributed by atoms with Gasteiger partial charge in [-0.15, -0.1) is 0 Å². The molecule has 2 amide bonds. The van der Waals surface area contributed by atoms with E-state index in [4.69, 9.17) is 4.74 Å². The van der Waals surface area contributed by atoms with Crippen molar-refractivity contribution >= 4 is 17.8 Å². The van der Waals surface area contributed by atoms with Crippen LogP contribution in [0.15, 0.2) is 42.5 Å². The van der Waals surface area contributed by atoms with Crippen molar-refractivity contribution in [1.29, 1.82) is 0 Å². The Hall–Kier alpha value is -2.63. The molecule has 0 saturated heterocycles. The average Bonchev–Trinajstić information content (AvgIpc) is 2.60. The summed E-state index contributed by atoms with van der Waals surface area (Å²) in [6.45, 7) is 3.24. The van der Waals surface area contributed by atoms with Crippen molar-refractivity contribution in [3.63, 3.8) is 0 Å². The van der Waals surface area contributed by atoms with Crippen molar-refractivity contribution < 1.29 is 19.1 Å². The van der Waals surface area contributed by atoms with Gasteiger partial charge in [-0.3, -0.25) is 14.4 Å². The highest BCUT2D eigenvalue weighted by Gasteiger charge is 2.24. The second-order valence-corrected chi connectivity index (χ2v) is 6.20. The Morgan fingerprint density at radius 1 is 1.16 bits per heavy atom. The van der Waals surface area contributed by atoms with Crippen LogP contribution in [0, 0.1) is 5.92 Å². The summed E-state index contributed by atoms with van der Waals surface area (Å²) in [4.78, 5) is 36.1. The summed E-state index contributed by atoms with van der Waals surface area (Å²) < 4.78 is 5.38. The summed E-state index contributed by atoms with van der Waals surface area (Å²) in [5.74, 6) is -1.13. The van der Waals surface area contributed by atoms with Gasteiger partial charge in [-0.2, -0.15) is 0 Å². The van der Waals surface area contributed by atoms with Gasteiger partial charge in [0.1, 0.15) is 12.6 Å². The molecule has 1 aromatic rings. The lowest BCUT2D eigenvalue weighted by Crippen LogP contribution is -2.47. The van der Waals surface area contributed by atoms with E-state index >= 15 is 0 Å². The largest absolute Gasteiger partial charge is 0.463 e. The molecule has 6 heteroatoms. The van der Waals surface area contributed by atoms with Gasteiger partial charge < -0.3 is 15.4 Å². The third-order valence-corrected chi connectivity index (χ3v) is 4.04. The van der Waals surface area contributed by atoms with Crippen LogP contribution in [0.3, 0.4) is 0 Å². The monoisotopic (exact) mass is 344 g/mol. The summed E-state index contributed by atoms with van der Waals surface area (Å²) in [5.41, 5.74) is 0.838. The number of nitrogens with one attached hydrogen (secondary N) is 2. The first-order valence-electron chi connectivity index (χ1n) is 8.41. The number of carbonyl (C=O) groups is 3. The van der Waals surface area contributed by atoms with Crippen LogP contribution in [0.2, 0.25) is 0 Å². The highest BCUT2D eigenvalue weighted by molar-refractivity contribution is 5.87. The molecule has 0 aromatic heterocycles. The molecule has 3 atom stereocenters. The molecule has 1 aliphatic rings. The molecule has 2 rings (SSSR count). The Bertz CT molecular complexity index is 642. The van der Waals surface area contributed by atoms with Crippen molar-refractivity contribution in [2.75, 3.05) is 6.61 Å². The number of hydrogen-bond donors (Lipinski definition) is 2. The molecule has 0 aliphatic carbocycles. The van der Waals surface area contributed by atoms with Crippen LogP contribution in [0.1, 0.15) is 38.3 Å². The van der Waals surface area contributed by atoms with Gasteiger partial charge in [0, 0.05) is 6.92 Å². The van der Waals surface area contributed by atoms with Gasteiger partial charge >= 0.3 is 5.97 Å². The van der Waals surface area contributed by atoms with E-state index in [1.165, 1.54) is 6.92 Å². The van der Waals surface area contributed by atoms with E-state index in [0.29, 0.717) is 12.8 Å². The lowest BCUT2D eigenvalue weighted by molar-refractivity contribution is -0.149. The number of benzene rings is 1. The second-order valence-electron chi connectivity index (χ2n) is 6.20. The summed E-state index contributed by atoms with van der Waals surface area (Å²) in [7, 11) is 0. The second kappa shape index (κ2) is 9.01. The highest BCUT2D eigenvalue weighted by atomic mass is 16.5. The number of cyclic esters (lactones) is 1. The molecule has 1 aromatic carbocycles. The van der Waals surface area contributed by atoms with Crippen molar-refractivity contribution in [2.24, 2.45) is 5.92 Å². The molecule has 0 bridgehead atoms. The third kappa shape index (κ3) is 5.74. The van der Waals surface area contributed by atoms with Crippen LogP contribution < -0.4 is 10.6 Å². The lowest BCUT2D eigenvalue weighted by Gasteiger charge is -2.24. The number of amides is 2. The van der Waals surface area contributed by atoms with Crippen molar-refractivity contribution in [1.82, 2.24) is 10.6 Å². The summed E-state index contributed by atoms with van der Waals surface area (Å²) in [6, 6.07) is 8.18. The Balaban J connectivity index is 2.24. The quantitative estimate of drug-likeness (QED) is 0.634. The third-order valence-electron chi connectivity index (χ3n) is 4.04. The number of rotatable bonds is 2. The Morgan fingerprint density at radius 2 is 1.84 bits per heavy atom. The molecule has 6 nitrogen and oxygen atoms in total. The predicted octanol–water partition coefficient (Wildman–Crippen LogP) is 1.88. The van der Waals surface area contributed by atoms with Crippen LogP contribution in [0.4, 0.5) is 0 Å². The fourth-order valence-corrected chi connectivity index (χ4v) is 2.59. The molecule has 134 valence electrons. The number of ether oxygens (including phenoxy) is 1. The molecule has 1 aliphatic heterocycles. The van der Waals surface area contributed by atoms with E-state index in [1.54, 1.807) is 6.92 Å². The van der Waals surface area contributed by atoms with Crippen LogP contribution >= 0.6 is 0 Å². The zero-order valence-electron chi connectivity index (χ0n) is 14.5. The normalized spacial score (nSPS) is 25.1. The van der Waals surface area contributed by atoms with Crippen LogP contribution in [0.5, 0.6) is 0 Å². The molecular formula is C19H24N2O4. The number of esters is 1. The maximum absolute atomic E-state index is 12.6. The standard InChI is InChI=1S/C19H24N2O4/c1-13-8-6-7-11-16(20-14(2)22)18(23)21-17(12-25-19(13)24)15-9-4-3-5-10-15/h3-7,9-10,13,16-17H,8,11-12H2,1-2H3,(H,20,22)(H,21,23)/t13-,16-,17+/m1/s1. The van der Waals surface area contributed by atoms with Crippen LogP contribution in [-0.4, -0.2) is 30.4 Å². The maximum Gasteiger partial charge on any atom is 0.309 e. The van der Waals surface area contributed by atoms with Crippen LogP contribution in [0.25, 0.3) is 0 Å². The molecule has 1 heterocycles. The molecule has 0 fully saturated rings. The first-order valence-corrected chi connectivity index (χ1v) is 8.41. The van der Waals surface area contributed by atoms with Gasteiger partial charge in [-0.05, 0) is 18.4 Å². The van der Waals surface area contributed by atoms with Gasteiger partial charge in [0.2, 0.25) is 11.8 Å². The van der Waals surface area contributed by atoms with Gasteiger partial charge in [0.25, 0.3) is 0 Å². The van der Waals surface area contributed by atoms with Gasteiger partial charge in [0.05, 0.1) is 12.0 Å². The van der Waals surface area contributed by atoms with Gasteiger partial charge in [-0.1, -0.05) is 49.4 Å². The predicted molar refractivity (Wildman–Crippen MR) is 93.4 cm³/mol. The smallest absolute Gasteiger partial charge is 0.309 e. The first kappa shape index (κ1) is 18.7. The Labute approximate surface area is 147 Å². The molecule has 0 unspecified atom stereocenters. The van der Waals surface area contributed by atoms with E-state index in [2.05, 4.69) is 10.6 Å². The zero-order chi connectivity index (χ0) is 18.2. The molecule has 0 saturated carbocycles. The van der Waals surface area contributed by atoms with E-state index in [1.807, 2.05) is 42.5 Å². The maximum atomic E-state index is 12.6. The van der Waals surface area contributed by atoms with Gasteiger partial charge in [-0.25, -0.2) is 0 Å². The van der Waals surface area contributed by atoms with Gasteiger partial charge in [0.15, 0.2) is 0 Å². The average molecular weight is 344 g/mol. The first-order chi connectivity index (χ1) is 12.0. The molecule has 2 N–H and O–H groups in total. The zero-order valence-corrected chi connectivity index (χ0v) is 14.5. The number of allylic oxidation sites excluding steroid dienone is 1. The number of carbonyl (C=O) groups excluding carboxylic acids is 3. The lowest BCUT2D eigenvalue weighted by atomic mass is 10.0. The number of hydrogen-bond acceptors (Lipinski definition) is 4. The SMILES string of the molecule is CC(=O)N[C@@H]1CC=CC[C@@H](C)C(=O)OC[C@@H](c2ccccc2)NC1=O. The summed E-state index contributed by atoms with van der Waals surface area (Å²) in [6.07, 6.45) is 4.55. The molecule has 0 spiro atoms. The van der Waals surface area contributed by atoms with E-state index < -0.39 is 12.1 Å². The topological polar surface area (TPSA) is 84.5 Å². The minimum atomic E-state index is -0.662. The highest BCUT2D eigenvalue weighted by Crippen LogP contribution is 2.16. The minimum absolute atomic E-state index is 0.0510. The molecular weight excluding hydrogens is 320 g/mol. The minimum Gasteiger partial charge on any atom is -0.463 e. The summed E-state index contributed by atoms with van der Waals surface area (Å²) in [5, 5.41) is 5.54. The molecule has 0 radical (unpaired) electrons. The fourth-order valence-electron chi connectivity index (χ4n) is 2.59. The van der Waals surface area contributed by atoms with Crippen molar-refractivity contribution in [2.45, 2.75) is 38.8 Å². The van der Waals surface area contributed by atoms with Crippen molar-refractivity contribution in [3.05, 3.63) is 48.0 Å². The molecule has 25 heavy (non-hydrogen) atoms. The van der Waals surface area contributed by atoms with Crippen LogP contribution in [-0.2, 0) is 19.1 Å². The Kier molecular flexibility index (Phi) is 6.74. The van der Waals surface area contributed by atoms with E-state index in [-0.39, 0.29) is 30.3 Å². The van der Waals surface area contributed by atoms with E-state index in [9.17, 15) is 14.4 Å². The Morgan fingerprint density at radius 3 is 2.52 bits per heavy atom. The summed E-state index contributed by atoms with van der Waals surface area (Å²) >= 11 is 0.